The molecule has 0 bridgehead atoms. The first-order chi connectivity index (χ1) is 32.7. The van der Waals surface area contributed by atoms with E-state index in [4.69, 9.17) is 26.0 Å². The zero-order valence-electron chi connectivity index (χ0n) is 39.7. The first-order valence-electron chi connectivity index (χ1n) is 23.0. The number of benzene rings is 2. The van der Waals surface area contributed by atoms with Gasteiger partial charge in [-0.1, -0.05) is 50.6 Å². The molecule has 2 aromatic heterocycles. The van der Waals surface area contributed by atoms with Crippen molar-refractivity contribution in [3.63, 3.8) is 0 Å². The summed E-state index contributed by atoms with van der Waals surface area (Å²) in [5, 5.41) is 22.9. The highest BCUT2D eigenvalue weighted by atomic mass is 16.7. The largest absolute Gasteiger partial charge is 0.445 e. The van der Waals surface area contributed by atoms with Crippen LogP contribution in [0.15, 0.2) is 48.5 Å². The van der Waals surface area contributed by atoms with Crippen LogP contribution in [0.5, 0.6) is 0 Å². The number of pyridine rings is 1. The van der Waals surface area contributed by atoms with E-state index in [1.165, 1.54) is 4.90 Å². The summed E-state index contributed by atoms with van der Waals surface area (Å²) in [6, 6.07) is 11.2. The Morgan fingerprint density at radius 3 is 2.23 bits per heavy atom. The van der Waals surface area contributed by atoms with E-state index in [1.807, 2.05) is 28.8 Å². The Hall–Kier alpha value is -7.36. The molecule has 22 heteroatoms. The lowest BCUT2D eigenvalue weighted by molar-refractivity contribution is -0.197. The van der Waals surface area contributed by atoms with Crippen LogP contribution in [-0.2, 0) is 58.0 Å². The van der Waals surface area contributed by atoms with Gasteiger partial charge < -0.3 is 56.9 Å². The van der Waals surface area contributed by atoms with Gasteiger partial charge in [-0.3, -0.25) is 24.0 Å². The Kier molecular flexibility index (Phi) is 18.4. The Balaban J connectivity index is 1.15. The highest BCUT2D eigenvalue weighted by Gasteiger charge is 2.33. The van der Waals surface area contributed by atoms with E-state index < -0.39 is 65.3 Å². The third kappa shape index (κ3) is 15.1. The number of hydrogen-bond donors (Lipinski definition) is 7. The average Bonchev–Trinajstić information content (AvgIpc) is 3.81. The minimum Gasteiger partial charge on any atom is -0.445 e. The molecule has 1 fully saturated rings. The van der Waals surface area contributed by atoms with Crippen molar-refractivity contribution in [2.24, 2.45) is 11.7 Å². The first kappa shape index (κ1) is 52.6. The minimum absolute atomic E-state index is 0.00646. The summed E-state index contributed by atoms with van der Waals surface area (Å²) < 4.78 is 7.56. The normalized spacial score (nSPS) is 13.6. The molecule has 5 rings (SSSR count). The molecule has 2 aromatic carbocycles. The second-order valence-electron chi connectivity index (χ2n) is 17.8. The number of carbonyl (C=O) groups excluding carboxylic acids is 8. The van der Waals surface area contributed by atoms with Gasteiger partial charge in [0.1, 0.15) is 30.0 Å². The number of primary amides is 1. The molecule has 8 amide bonds. The molecule has 0 spiro atoms. The number of carbonyl (C=O) groups is 8. The SMILES string of the molecule is CCN(Cc1nc2c(N)nc3ccccc3c2n1CC(C)(C)O)C(=O)OCc1ccc(NC(=O)[C@H](CCCNC(N)=O)NC(=O)[C@@H](NC(=O)CCCCCC(=O)ON2C(=O)CCC2=O)C(C)C)cc1. The van der Waals surface area contributed by atoms with Crippen LogP contribution in [0, 0.1) is 5.92 Å². The minimum atomic E-state index is -1.13. The summed E-state index contributed by atoms with van der Waals surface area (Å²) in [5.74, 6) is -3.10. The van der Waals surface area contributed by atoms with Crippen LogP contribution in [-0.4, -0.2) is 108 Å². The van der Waals surface area contributed by atoms with Crippen LogP contribution < -0.4 is 32.7 Å². The second kappa shape index (κ2) is 24.1. The van der Waals surface area contributed by atoms with Gasteiger partial charge in [0, 0.05) is 49.8 Å². The lowest BCUT2D eigenvalue weighted by Gasteiger charge is -2.25. The Bertz CT molecular complexity index is 2500. The number of ether oxygens (including phenoxy) is 1. The molecule has 22 nitrogen and oxygen atoms in total. The van der Waals surface area contributed by atoms with Crippen LogP contribution in [0.25, 0.3) is 21.9 Å². The Morgan fingerprint density at radius 2 is 1.58 bits per heavy atom. The number of unbranched alkanes of at least 4 members (excludes halogenated alkanes) is 2. The number of urea groups is 1. The van der Waals surface area contributed by atoms with Gasteiger partial charge in [-0.15, -0.1) is 5.06 Å². The molecule has 2 atom stereocenters. The van der Waals surface area contributed by atoms with Crippen LogP contribution >= 0.6 is 0 Å². The number of hydroxylamine groups is 2. The molecule has 372 valence electrons. The average molecular weight is 958 g/mol. The number of imide groups is 1. The van der Waals surface area contributed by atoms with E-state index in [1.54, 1.807) is 58.9 Å². The molecule has 69 heavy (non-hydrogen) atoms. The van der Waals surface area contributed by atoms with E-state index in [9.17, 15) is 43.5 Å². The molecule has 0 unspecified atom stereocenters. The molecule has 1 saturated heterocycles. The quantitative estimate of drug-likeness (QED) is 0.0390. The van der Waals surface area contributed by atoms with Crippen molar-refractivity contribution < 1.29 is 53.0 Å². The molecular formula is C47H63N11O11. The van der Waals surface area contributed by atoms with E-state index >= 15 is 0 Å². The van der Waals surface area contributed by atoms with Gasteiger partial charge in [-0.25, -0.2) is 24.4 Å². The van der Waals surface area contributed by atoms with E-state index in [2.05, 4.69) is 26.3 Å². The number of anilines is 2. The van der Waals surface area contributed by atoms with Crippen molar-refractivity contribution >= 4 is 81.1 Å². The number of amides is 8. The maximum atomic E-state index is 13.7. The topological polar surface area (TPSA) is 313 Å². The van der Waals surface area contributed by atoms with E-state index in [0.717, 1.165) is 5.39 Å². The molecule has 3 heterocycles. The highest BCUT2D eigenvalue weighted by molar-refractivity contribution is 6.06. The van der Waals surface area contributed by atoms with E-state index in [-0.39, 0.29) is 83.0 Å². The van der Waals surface area contributed by atoms with Crippen molar-refractivity contribution in [1.82, 2.24) is 40.4 Å². The summed E-state index contributed by atoms with van der Waals surface area (Å²) in [5.41, 5.74) is 13.2. The van der Waals surface area contributed by atoms with Gasteiger partial charge in [-0.05, 0) is 76.1 Å². The van der Waals surface area contributed by atoms with Gasteiger partial charge in [-0.2, -0.15) is 0 Å². The van der Waals surface area contributed by atoms with Crippen molar-refractivity contribution in [1.29, 1.82) is 0 Å². The summed E-state index contributed by atoms with van der Waals surface area (Å²) in [4.78, 5) is 116. The maximum absolute atomic E-state index is 13.7. The summed E-state index contributed by atoms with van der Waals surface area (Å²) in [6.07, 6.45) is 0.929. The molecular weight excluding hydrogens is 895 g/mol. The standard InChI is InChI=1S/C47H63N11O11/c1-6-56(25-34-54-40-41(57(34)27-47(4,5)67)31-13-10-11-14-32(31)52-42(40)48)46(66)68-26-29-18-20-30(21-19-29)51-43(63)33(15-12-24-50-45(49)65)53-44(64)39(28(2)3)55-35(59)16-8-7-9-17-38(62)69-58-36(60)22-23-37(58)61/h10-11,13-14,18-21,28,33,39,67H,6-9,12,15-17,22-27H2,1-5H3,(H2,48,52)(H,51,63)(H,53,64)(H,55,59)(H3,49,50,65)/t33-,39-/m0/s1. The van der Waals surface area contributed by atoms with Crippen LogP contribution in [0.1, 0.15) is 104 Å². The van der Waals surface area contributed by atoms with Gasteiger partial charge in [0.25, 0.3) is 11.8 Å². The summed E-state index contributed by atoms with van der Waals surface area (Å²) in [7, 11) is 0. The van der Waals surface area contributed by atoms with Gasteiger partial charge in [0.05, 0.1) is 29.7 Å². The van der Waals surface area contributed by atoms with Crippen LogP contribution in [0.3, 0.4) is 0 Å². The third-order valence-electron chi connectivity index (χ3n) is 11.1. The molecule has 0 radical (unpaired) electrons. The number of nitrogens with zero attached hydrogens (tertiary/aromatic N) is 5. The number of nitrogens with one attached hydrogen (secondary N) is 4. The number of nitrogens with two attached hydrogens (primary N) is 2. The number of hydrogen-bond acceptors (Lipinski definition) is 14. The van der Waals surface area contributed by atoms with Crippen molar-refractivity contribution in [2.45, 2.75) is 130 Å². The summed E-state index contributed by atoms with van der Waals surface area (Å²) in [6.45, 7) is 9.19. The number of rotatable bonds is 24. The molecule has 0 saturated carbocycles. The zero-order chi connectivity index (χ0) is 50.4. The smallest absolute Gasteiger partial charge is 0.410 e. The number of imidazole rings is 1. The van der Waals surface area contributed by atoms with Crippen molar-refractivity contribution in [2.75, 3.05) is 24.1 Å². The molecule has 0 aliphatic carbocycles. The number of fused-ring (bicyclic) bond motifs is 3. The number of nitrogen functional groups attached to an aromatic ring is 1. The fourth-order valence-electron chi connectivity index (χ4n) is 7.57. The van der Waals surface area contributed by atoms with Gasteiger partial charge >= 0.3 is 18.1 Å². The Labute approximate surface area is 399 Å². The fraction of sp³-hybridized carbons (Fsp3) is 0.489. The molecule has 9 N–H and O–H groups in total. The summed E-state index contributed by atoms with van der Waals surface area (Å²) >= 11 is 0. The molecule has 4 aromatic rings. The highest BCUT2D eigenvalue weighted by Crippen LogP contribution is 2.30. The molecule has 1 aliphatic rings. The van der Waals surface area contributed by atoms with Crippen molar-refractivity contribution in [3.8, 4) is 0 Å². The second-order valence-corrected chi connectivity index (χ2v) is 17.8. The Morgan fingerprint density at radius 1 is 0.899 bits per heavy atom. The third-order valence-corrected chi connectivity index (χ3v) is 11.1. The lowest BCUT2D eigenvalue weighted by atomic mass is 10.0. The van der Waals surface area contributed by atoms with Crippen LogP contribution in [0.4, 0.5) is 21.1 Å². The fourth-order valence-corrected chi connectivity index (χ4v) is 7.57. The van der Waals surface area contributed by atoms with Crippen LogP contribution in [0.2, 0.25) is 0 Å². The zero-order valence-corrected chi connectivity index (χ0v) is 39.7. The monoisotopic (exact) mass is 957 g/mol. The number of aliphatic hydroxyl groups is 1. The van der Waals surface area contributed by atoms with Crippen molar-refractivity contribution in [3.05, 3.63) is 59.9 Å². The number of para-hydroxylation sites is 1. The maximum Gasteiger partial charge on any atom is 0.410 e. The molecule has 1 aliphatic heterocycles. The van der Waals surface area contributed by atoms with Gasteiger partial charge in [0.2, 0.25) is 17.7 Å². The first-order valence-corrected chi connectivity index (χ1v) is 23.0. The van der Waals surface area contributed by atoms with Gasteiger partial charge in [0.15, 0.2) is 5.82 Å². The lowest BCUT2D eigenvalue weighted by Crippen LogP contribution is -2.54. The number of aromatic nitrogens is 3. The predicted molar refractivity (Wildman–Crippen MR) is 253 cm³/mol. The van der Waals surface area contributed by atoms with E-state index in [0.29, 0.717) is 58.0 Å². The predicted octanol–water partition coefficient (Wildman–Crippen LogP) is 3.67.